The minimum Gasteiger partial charge on any atom is -0.383 e. The Morgan fingerprint density at radius 2 is 1.88 bits per heavy atom. The van der Waals surface area contributed by atoms with Crippen molar-refractivity contribution in [3.8, 4) is 17.1 Å². The van der Waals surface area contributed by atoms with Crippen LogP contribution < -0.4 is 11.1 Å². The van der Waals surface area contributed by atoms with Gasteiger partial charge >= 0.3 is 0 Å². The highest BCUT2D eigenvalue weighted by atomic mass is 19.1. The fourth-order valence-electron chi connectivity index (χ4n) is 5.38. The summed E-state index contributed by atoms with van der Waals surface area (Å²) in [4.78, 5) is 24.4. The molecule has 0 saturated heterocycles. The van der Waals surface area contributed by atoms with Crippen molar-refractivity contribution >= 4 is 44.4 Å². The quantitative estimate of drug-likeness (QED) is 0.240. The molecule has 0 radical (unpaired) electrons. The van der Waals surface area contributed by atoms with Gasteiger partial charge < -0.3 is 25.2 Å². The third-order valence-corrected chi connectivity index (χ3v) is 7.17. The zero-order valence-corrected chi connectivity index (χ0v) is 21.3. The van der Waals surface area contributed by atoms with Crippen molar-refractivity contribution in [3.63, 3.8) is 0 Å². The number of halogens is 1. The van der Waals surface area contributed by atoms with Gasteiger partial charge in [-0.25, -0.2) is 14.4 Å². The van der Waals surface area contributed by atoms with E-state index < -0.39 is 5.91 Å². The molecule has 7 aromatic rings. The fraction of sp³-hybridized carbons (Fsp3) is 0.0645. The number of imidazole rings is 2. The lowest BCUT2D eigenvalue weighted by molar-refractivity contribution is 0.100. The Bertz CT molecular complexity index is 2040. The number of aromatic nitrogens is 5. The largest absolute Gasteiger partial charge is 0.383 e. The molecule has 196 valence electrons. The molecule has 40 heavy (non-hydrogen) atoms. The first-order valence-electron chi connectivity index (χ1n) is 12.9. The molecule has 1 amide bonds. The molecule has 9 heteroatoms. The molecule has 4 aromatic carbocycles. The van der Waals surface area contributed by atoms with Crippen LogP contribution in [-0.2, 0) is 6.54 Å². The summed E-state index contributed by atoms with van der Waals surface area (Å²) in [6, 6.07) is 24.4. The topological polar surface area (TPSA) is 107 Å². The van der Waals surface area contributed by atoms with Gasteiger partial charge in [0.15, 0.2) is 0 Å². The van der Waals surface area contributed by atoms with E-state index in [9.17, 15) is 9.18 Å². The molecule has 3 heterocycles. The van der Waals surface area contributed by atoms with Crippen molar-refractivity contribution in [1.82, 2.24) is 24.1 Å². The Kier molecular flexibility index (Phi) is 5.55. The third kappa shape index (κ3) is 3.95. The van der Waals surface area contributed by atoms with Crippen molar-refractivity contribution < 1.29 is 9.18 Å². The first-order chi connectivity index (χ1) is 19.6. The first-order valence-corrected chi connectivity index (χ1v) is 12.9. The second-order valence-electron chi connectivity index (χ2n) is 9.62. The van der Waals surface area contributed by atoms with Gasteiger partial charge in [-0.3, -0.25) is 4.79 Å². The van der Waals surface area contributed by atoms with Gasteiger partial charge in [0.05, 0.1) is 34.0 Å². The maximum absolute atomic E-state index is 13.9. The van der Waals surface area contributed by atoms with Crippen LogP contribution in [0.2, 0.25) is 0 Å². The average Bonchev–Trinajstić information content (AvgIpc) is 3.70. The summed E-state index contributed by atoms with van der Waals surface area (Å²) in [7, 11) is 0. The Morgan fingerprint density at radius 3 is 2.73 bits per heavy atom. The standard InChI is InChI=1S/C31H24FN7O/c32-19-8-11-24-26(16-19)37-31(36-24)23-5-3-7-28-29(23)22-4-1-2-6-27(22)39(28)20-9-10-21(30(33)40)25(17-20)35-13-15-38-14-12-34-18-38/h1-12,14,16-18,35H,13,15H2,(H2,33,40)(H,36,37). The summed E-state index contributed by atoms with van der Waals surface area (Å²) in [5.74, 6) is -0.145. The zero-order chi connectivity index (χ0) is 27.2. The molecule has 8 nitrogen and oxygen atoms in total. The number of nitrogens with two attached hydrogens (primary N) is 1. The number of carbonyl (C=O) groups is 1. The van der Waals surface area contributed by atoms with Gasteiger partial charge in [0.25, 0.3) is 5.91 Å². The lowest BCUT2D eigenvalue weighted by Crippen LogP contribution is -2.17. The van der Waals surface area contributed by atoms with Crippen molar-refractivity contribution in [2.45, 2.75) is 6.54 Å². The van der Waals surface area contributed by atoms with Gasteiger partial charge in [-0.05, 0) is 48.5 Å². The summed E-state index contributed by atoms with van der Waals surface area (Å²) >= 11 is 0. The number of carbonyl (C=O) groups excluding carboxylic acids is 1. The van der Waals surface area contributed by atoms with E-state index >= 15 is 0 Å². The summed E-state index contributed by atoms with van der Waals surface area (Å²) in [6.45, 7) is 1.27. The lowest BCUT2D eigenvalue weighted by atomic mass is 10.1. The number of rotatable bonds is 7. The van der Waals surface area contributed by atoms with Crippen molar-refractivity contribution in [2.75, 3.05) is 11.9 Å². The van der Waals surface area contributed by atoms with Gasteiger partial charge in [0.2, 0.25) is 0 Å². The molecule has 0 aliphatic carbocycles. The fourth-order valence-corrected chi connectivity index (χ4v) is 5.38. The Labute approximate surface area is 227 Å². The molecule has 0 aliphatic rings. The molecular formula is C31H24FN7O. The molecule has 0 spiro atoms. The van der Waals surface area contributed by atoms with Crippen molar-refractivity contribution in [1.29, 1.82) is 0 Å². The summed E-state index contributed by atoms with van der Waals surface area (Å²) in [6.07, 6.45) is 5.37. The molecule has 3 aromatic heterocycles. The van der Waals surface area contributed by atoms with Gasteiger partial charge in [0, 0.05) is 53.2 Å². The number of H-pyrrole nitrogens is 1. The number of aromatic amines is 1. The highest BCUT2D eigenvalue weighted by molar-refractivity contribution is 6.15. The molecule has 0 unspecified atom stereocenters. The second kappa shape index (κ2) is 9.39. The van der Waals surface area contributed by atoms with Crippen LogP contribution in [-0.4, -0.2) is 36.5 Å². The van der Waals surface area contributed by atoms with Crippen LogP contribution >= 0.6 is 0 Å². The third-order valence-electron chi connectivity index (χ3n) is 7.17. The molecule has 0 bridgehead atoms. The molecule has 4 N–H and O–H groups in total. The lowest BCUT2D eigenvalue weighted by Gasteiger charge is -2.15. The predicted molar refractivity (Wildman–Crippen MR) is 155 cm³/mol. The summed E-state index contributed by atoms with van der Waals surface area (Å²) in [5.41, 5.74) is 11.9. The van der Waals surface area contributed by atoms with Gasteiger partial charge in [-0.2, -0.15) is 0 Å². The number of primary amides is 1. The van der Waals surface area contributed by atoms with Crippen LogP contribution in [0.25, 0.3) is 49.9 Å². The summed E-state index contributed by atoms with van der Waals surface area (Å²) < 4.78 is 18.0. The molecule has 0 fully saturated rings. The normalized spacial score (nSPS) is 11.5. The number of benzene rings is 4. The van der Waals surface area contributed by atoms with E-state index in [1.807, 2.05) is 47.2 Å². The van der Waals surface area contributed by atoms with E-state index in [0.717, 1.165) is 33.1 Å². The second-order valence-corrected chi connectivity index (χ2v) is 9.62. The van der Waals surface area contributed by atoms with Crippen LogP contribution in [0, 0.1) is 5.82 Å². The average molecular weight is 530 g/mol. The minimum absolute atomic E-state index is 0.314. The SMILES string of the molecule is NC(=O)c1ccc(-n2c3ccccc3c3c(-c4nc5ccc(F)cc5[nH]4)cccc32)cc1NCCn1ccnc1. The highest BCUT2D eigenvalue weighted by Gasteiger charge is 2.19. The maximum atomic E-state index is 13.9. The van der Waals surface area contributed by atoms with Crippen molar-refractivity contribution in [3.05, 3.63) is 109 Å². The van der Waals surface area contributed by atoms with Gasteiger partial charge in [-0.1, -0.05) is 30.3 Å². The number of hydrogen-bond acceptors (Lipinski definition) is 4. The number of nitrogens with one attached hydrogen (secondary N) is 2. The monoisotopic (exact) mass is 529 g/mol. The van der Waals surface area contributed by atoms with E-state index in [1.54, 1.807) is 24.7 Å². The molecule has 7 rings (SSSR count). The van der Waals surface area contributed by atoms with Crippen LogP contribution in [0.5, 0.6) is 0 Å². The number of fused-ring (bicyclic) bond motifs is 4. The molecule has 0 atom stereocenters. The first kappa shape index (κ1) is 23.7. The van der Waals surface area contributed by atoms with Crippen LogP contribution in [0.15, 0.2) is 97.6 Å². The maximum Gasteiger partial charge on any atom is 0.250 e. The van der Waals surface area contributed by atoms with Gasteiger partial charge in [-0.15, -0.1) is 0 Å². The predicted octanol–water partition coefficient (Wildman–Crippen LogP) is 5.87. The van der Waals surface area contributed by atoms with E-state index in [0.29, 0.717) is 41.2 Å². The number of para-hydroxylation sites is 1. The van der Waals surface area contributed by atoms with E-state index in [2.05, 4.69) is 38.1 Å². The molecule has 0 aliphatic heterocycles. The van der Waals surface area contributed by atoms with Crippen LogP contribution in [0.1, 0.15) is 10.4 Å². The Hall–Kier alpha value is -5.44. The number of anilines is 1. The number of amides is 1. The van der Waals surface area contributed by atoms with Gasteiger partial charge in [0.1, 0.15) is 11.6 Å². The van der Waals surface area contributed by atoms with Crippen LogP contribution in [0.4, 0.5) is 10.1 Å². The minimum atomic E-state index is -0.498. The summed E-state index contributed by atoms with van der Waals surface area (Å²) in [5, 5.41) is 5.45. The Morgan fingerprint density at radius 1 is 1.00 bits per heavy atom. The zero-order valence-electron chi connectivity index (χ0n) is 21.3. The number of hydrogen-bond donors (Lipinski definition) is 3. The highest BCUT2D eigenvalue weighted by Crippen LogP contribution is 2.38. The molecular weight excluding hydrogens is 505 g/mol. The van der Waals surface area contributed by atoms with E-state index in [1.165, 1.54) is 12.1 Å². The van der Waals surface area contributed by atoms with E-state index in [4.69, 9.17) is 10.7 Å². The number of nitrogens with zero attached hydrogens (tertiary/aromatic N) is 4. The smallest absolute Gasteiger partial charge is 0.250 e. The van der Waals surface area contributed by atoms with E-state index in [-0.39, 0.29) is 5.82 Å². The van der Waals surface area contributed by atoms with Crippen molar-refractivity contribution in [2.24, 2.45) is 5.73 Å². The Balaban J connectivity index is 1.39. The molecule has 0 saturated carbocycles. The van der Waals surface area contributed by atoms with Crippen LogP contribution in [0.3, 0.4) is 0 Å².